The molecule has 1 atom stereocenters. The molecule has 3 aromatic rings. The summed E-state index contributed by atoms with van der Waals surface area (Å²) in [7, 11) is 0. The van der Waals surface area contributed by atoms with Gasteiger partial charge in [-0.3, -0.25) is 4.79 Å². The van der Waals surface area contributed by atoms with Crippen LogP contribution in [0.5, 0.6) is 0 Å². The summed E-state index contributed by atoms with van der Waals surface area (Å²) in [5.74, 6) is 0.0195. The Morgan fingerprint density at radius 3 is 2.03 bits per heavy atom. The third kappa shape index (κ3) is 5.43. The van der Waals surface area contributed by atoms with Crippen molar-refractivity contribution in [3.05, 3.63) is 95.6 Å². The van der Waals surface area contributed by atoms with Crippen LogP contribution in [0, 0.1) is 5.92 Å². The van der Waals surface area contributed by atoms with Crippen LogP contribution in [-0.2, 0) is 16.1 Å². The van der Waals surface area contributed by atoms with Crippen LogP contribution in [0.3, 0.4) is 0 Å². The fraction of sp³-hybridized carbons (Fsp3) is 0.286. The number of fused-ring (bicyclic) bond motifs is 3. The topological polar surface area (TPSA) is 67.4 Å². The molecule has 5 heteroatoms. The predicted octanol–water partition coefficient (Wildman–Crippen LogP) is 5.26. The summed E-state index contributed by atoms with van der Waals surface area (Å²) in [6, 6.07) is 25.5. The Hall–Kier alpha value is -3.60. The van der Waals surface area contributed by atoms with E-state index in [2.05, 4.69) is 34.9 Å². The molecule has 170 valence electrons. The van der Waals surface area contributed by atoms with E-state index in [9.17, 15) is 9.59 Å². The molecule has 0 fully saturated rings. The highest BCUT2D eigenvalue weighted by Crippen LogP contribution is 2.44. The Labute approximate surface area is 195 Å². The smallest absolute Gasteiger partial charge is 0.407 e. The molecule has 1 aliphatic carbocycles. The lowest BCUT2D eigenvalue weighted by Gasteiger charge is -2.21. The molecule has 2 N–H and O–H groups in total. The van der Waals surface area contributed by atoms with Gasteiger partial charge in [0.25, 0.3) is 0 Å². The van der Waals surface area contributed by atoms with Crippen molar-refractivity contribution in [2.24, 2.45) is 5.92 Å². The van der Waals surface area contributed by atoms with Crippen LogP contribution in [0.1, 0.15) is 42.9 Å². The van der Waals surface area contributed by atoms with Crippen LogP contribution >= 0.6 is 0 Å². The quantitative estimate of drug-likeness (QED) is 0.500. The van der Waals surface area contributed by atoms with E-state index in [4.69, 9.17) is 4.74 Å². The number of amides is 2. The number of alkyl carbamates (subject to hydrolysis) is 1. The summed E-state index contributed by atoms with van der Waals surface area (Å²) in [5.41, 5.74) is 5.69. The number of nitrogens with one attached hydrogen (secondary N) is 2. The van der Waals surface area contributed by atoms with Crippen molar-refractivity contribution in [3.8, 4) is 11.1 Å². The van der Waals surface area contributed by atoms with Gasteiger partial charge in [0.1, 0.15) is 12.6 Å². The summed E-state index contributed by atoms with van der Waals surface area (Å²) in [6.45, 7) is 4.69. The van der Waals surface area contributed by atoms with Gasteiger partial charge in [0.05, 0.1) is 0 Å². The monoisotopic (exact) mass is 442 g/mol. The SMILES string of the molecule is CC(C)CC(NC(=O)OCC1c2ccccc2-c2ccccc21)C(=O)NCc1ccccc1. The minimum Gasteiger partial charge on any atom is -0.449 e. The highest BCUT2D eigenvalue weighted by atomic mass is 16.5. The summed E-state index contributed by atoms with van der Waals surface area (Å²) in [6.07, 6.45) is -0.0393. The van der Waals surface area contributed by atoms with E-state index in [1.807, 2.05) is 68.4 Å². The van der Waals surface area contributed by atoms with Crippen LogP contribution < -0.4 is 10.6 Å². The fourth-order valence-electron chi connectivity index (χ4n) is 4.39. The Bertz CT molecular complexity index is 1070. The number of carbonyl (C=O) groups is 2. The Morgan fingerprint density at radius 2 is 1.42 bits per heavy atom. The van der Waals surface area contributed by atoms with E-state index >= 15 is 0 Å². The zero-order chi connectivity index (χ0) is 23.2. The third-order valence-electron chi connectivity index (χ3n) is 5.97. The zero-order valence-electron chi connectivity index (χ0n) is 19.1. The first-order chi connectivity index (χ1) is 16.0. The molecule has 5 nitrogen and oxygen atoms in total. The second-order valence-corrected chi connectivity index (χ2v) is 8.86. The van der Waals surface area contributed by atoms with Gasteiger partial charge in [-0.2, -0.15) is 0 Å². The highest BCUT2D eigenvalue weighted by Gasteiger charge is 2.30. The van der Waals surface area contributed by atoms with Crippen LogP contribution in [0.4, 0.5) is 4.79 Å². The molecule has 4 rings (SSSR count). The minimum atomic E-state index is -0.649. The van der Waals surface area contributed by atoms with Crippen molar-refractivity contribution >= 4 is 12.0 Å². The molecular weight excluding hydrogens is 412 g/mol. The Balaban J connectivity index is 1.38. The van der Waals surface area contributed by atoms with Crippen molar-refractivity contribution in [3.63, 3.8) is 0 Å². The summed E-state index contributed by atoms with van der Waals surface area (Å²) < 4.78 is 5.63. The van der Waals surface area contributed by atoms with E-state index in [0.29, 0.717) is 13.0 Å². The maximum Gasteiger partial charge on any atom is 0.407 e. The van der Waals surface area contributed by atoms with Crippen molar-refractivity contribution in [2.75, 3.05) is 6.61 Å². The standard InChI is InChI=1S/C28H30N2O3/c1-19(2)16-26(27(31)29-17-20-10-4-3-5-11-20)30-28(32)33-18-25-23-14-8-6-12-21(23)22-13-7-9-15-24(22)25/h3-15,19,25-26H,16-18H2,1-2H3,(H,29,31)(H,30,32). The lowest BCUT2D eigenvalue weighted by atomic mass is 9.98. The van der Waals surface area contributed by atoms with E-state index in [1.54, 1.807) is 0 Å². The maximum absolute atomic E-state index is 12.8. The average molecular weight is 443 g/mol. The number of hydrogen-bond acceptors (Lipinski definition) is 3. The lowest BCUT2D eigenvalue weighted by Crippen LogP contribution is -2.47. The lowest BCUT2D eigenvalue weighted by molar-refractivity contribution is -0.123. The van der Waals surface area contributed by atoms with E-state index in [-0.39, 0.29) is 24.3 Å². The molecule has 0 saturated carbocycles. The average Bonchev–Trinajstić information content (AvgIpc) is 3.15. The van der Waals surface area contributed by atoms with Crippen LogP contribution in [-0.4, -0.2) is 24.6 Å². The first kappa shape index (κ1) is 22.6. The Morgan fingerprint density at radius 1 is 0.848 bits per heavy atom. The van der Waals surface area contributed by atoms with Gasteiger partial charge in [-0.1, -0.05) is 92.7 Å². The van der Waals surface area contributed by atoms with Crippen LogP contribution in [0.15, 0.2) is 78.9 Å². The van der Waals surface area contributed by atoms with Gasteiger partial charge in [0, 0.05) is 12.5 Å². The normalized spacial score (nSPS) is 13.2. The molecule has 0 aliphatic heterocycles. The van der Waals surface area contributed by atoms with Gasteiger partial charge in [-0.25, -0.2) is 4.79 Å². The molecule has 0 radical (unpaired) electrons. The van der Waals surface area contributed by atoms with Gasteiger partial charge in [0.2, 0.25) is 5.91 Å². The minimum absolute atomic E-state index is 0.0152. The van der Waals surface area contributed by atoms with E-state index < -0.39 is 12.1 Å². The van der Waals surface area contributed by atoms with Gasteiger partial charge in [-0.05, 0) is 40.2 Å². The number of carbonyl (C=O) groups excluding carboxylic acids is 2. The van der Waals surface area contributed by atoms with Crippen LogP contribution in [0.2, 0.25) is 0 Å². The molecule has 33 heavy (non-hydrogen) atoms. The summed E-state index contributed by atoms with van der Waals surface area (Å²) >= 11 is 0. The molecule has 0 spiro atoms. The summed E-state index contributed by atoms with van der Waals surface area (Å²) in [4.78, 5) is 25.5. The molecule has 2 amide bonds. The number of hydrogen-bond donors (Lipinski definition) is 2. The highest BCUT2D eigenvalue weighted by molar-refractivity contribution is 5.85. The molecule has 0 aromatic heterocycles. The van der Waals surface area contributed by atoms with E-state index in [1.165, 1.54) is 11.1 Å². The fourth-order valence-corrected chi connectivity index (χ4v) is 4.39. The van der Waals surface area contributed by atoms with Gasteiger partial charge < -0.3 is 15.4 Å². The molecule has 0 heterocycles. The second-order valence-electron chi connectivity index (χ2n) is 8.86. The van der Waals surface area contributed by atoms with Crippen molar-refractivity contribution in [1.29, 1.82) is 0 Å². The largest absolute Gasteiger partial charge is 0.449 e. The number of rotatable bonds is 8. The third-order valence-corrected chi connectivity index (χ3v) is 5.97. The number of ether oxygens (including phenoxy) is 1. The Kier molecular flexibility index (Phi) is 7.08. The second kappa shape index (κ2) is 10.3. The molecule has 3 aromatic carbocycles. The zero-order valence-corrected chi connectivity index (χ0v) is 19.1. The maximum atomic E-state index is 12.8. The number of benzene rings is 3. The molecular formula is C28H30N2O3. The van der Waals surface area contributed by atoms with Gasteiger partial charge in [0.15, 0.2) is 0 Å². The first-order valence-electron chi connectivity index (χ1n) is 11.5. The van der Waals surface area contributed by atoms with Crippen molar-refractivity contribution < 1.29 is 14.3 Å². The van der Waals surface area contributed by atoms with Gasteiger partial charge in [-0.15, -0.1) is 0 Å². The molecule has 0 saturated heterocycles. The van der Waals surface area contributed by atoms with Gasteiger partial charge >= 0.3 is 6.09 Å². The van der Waals surface area contributed by atoms with E-state index in [0.717, 1.165) is 16.7 Å². The molecule has 0 bridgehead atoms. The first-order valence-corrected chi connectivity index (χ1v) is 11.5. The molecule has 1 unspecified atom stereocenters. The van der Waals surface area contributed by atoms with Crippen LogP contribution in [0.25, 0.3) is 11.1 Å². The van der Waals surface area contributed by atoms with Crippen molar-refractivity contribution in [2.45, 2.75) is 38.8 Å². The van der Waals surface area contributed by atoms with Crippen molar-refractivity contribution in [1.82, 2.24) is 10.6 Å². The summed E-state index contributed by atoms with van der Waals surface area (Å²) in [5, 5.41) is 5.71. The molecule has 1 aliphatic rings. The predicted molar refractivity (Wildman–Crippen MR) is 130 cm³/mol.